The van der Waals surface area contributed by atoms with Crippen LogP contribution in [0.25, 0.3) is 0 Å². The molecule has 7 heteroatoms. The van der Waals surface area contributed by atoms with Crippen LogP contribution >= 0.6 is 11.6 Å². The standard InChI is InChI=1S/C13H10ClFN2O3/c14-9-5-4-8(7-16)12(6-9)20-13-10(15)2-1-3-11(13)17(18)19/h1-6H,7,16H2. The highest BCUT2D eigenvalue weighted by atomic mass is 35.5. The van der Waals surface area contributed by atoms with E-state index in [9.17, 15) is 14.5 Å². The van der Waals surface area contributed by atoms with Crippen LogP contribution in [-0.2, 0) is 6.54 Å². The van der Waals surface area contributed by atoms with Crippen LogP contribution in [0.5, 0.6) is 11.5 Å². The van der Waals surface area contributed by atoms with E-state index in [0.29, 0.717) is 10.6 Å². The predicted octanol–water partition coefficient (Wildman–Crippen LogP) is 3.64. The number of ether oxygens (including phenoxy) is 1. The molecule has 2 aromatic carbocycles. The summed E-state index contributed by atoms with van der Waals surface area (Å²) in [6.45, 7) is 0.134. The second-order valence-corrected chi connectivity index (χ2v) is 4.34. The highest BCUT2D eigenvalue weighted by molar-refractivity contribution is 6.30. The molecule has 0 fully saturated rings. The van der Waals surface area contributed by atoms with Crippen molar-refractivity contribution in [1.82, 2.24) is 0 Å². The van der Waals surface area contributed by atoms with E-state index in [2.05, 4.69) is 0 Å². The van der Waals surface area contributed by atoms with E-state index >= 15 is 0 Å². The Balaban J connectivity index is 2.50. The summed E-state index contributed by atoms with van der Waals surface area (Å²) >= 11 is 5.83. The zero-order valence-corrected chi connectivity index (χ0v) is 10.9. The molecule has 20 heavy (non-hydrogen) atoms. The minimum atomic E-state index is -0.831. The van der Waals surface area contributed by atoms with Crippen LogP contribution in [0.1, 0.15) is 5.56 Å². The third-order valence-electron chi connectivity index (χ3n) is 2.60. The molecular weight excluding hydrogens is 287 g/mol. The Kier molecular flexibility index (Phi) is 4.16. The Morgan fingerprint density at radius 2 is 2.10 bits per heavy atom. The van der Waals surface area contributed by atoms with Crippen molar-refractivity contribution in [2.45, 2.75) is 6.54 Å². The van der Waals surface area contributed by atoms with E-state index in [0.717, 1.165) is 12.1 Å². The third kappa shape index (κ3) is 2.87. The van der Waals surface area contributed by atoms with Crippen LogP contribution in [0.2, 0.25) is 5.02 Å². The maximum atomic E-state index is 13.7. The van der Waals surface area contributed by atoms with Gasteiger partial charge < -0.3 is 10.5 Å². The van der Waals surface area contributed by atoms with Gasteiger partial charge >= 0.3 is 5.69 Å². The zero-order chi connectivity index (χ0) is 14.7. The van der Waals surface area contributed by atoms with Gasteiger partial charge in [0, 0.05) is 23.2 Å². The van der Waals surface area contributed by atoms with E-state index in [1.165, 1.54) is 12.1 Å². The molecule has 0 aliphatic carbocycles. The fraction of sp³-hybridized carbons (Fsp3) is 0.0769. The number of nitrogens with two attached hydrogens (primary N) is 1. The molecule has 0 saturated heterocycles. The molecule has 5 nitrogen and oxygen atoms in total. The van der Waals surface area contributed by atoms with Gasteiger partial charge in [0.05, 0.1) is 4.92 Å². The first-order valence-electron chi connectivity index (χ1n) is 5.62. The smallest absolute Gasteiger partial charge is 0.314 e. The zero-order valence-electron chi connectivity index (χ0n) is 10.2. The van der Waals surface area contributed by atoms with E-state index in [4.69, 9.17) is 22.1 Å². The average Bonchev–Trinajstić information content (AvgIpc) is 2.41. The number of nitrogens with zero attached hydrogens (tertiary/aromatic N) is 1. The molecule has 0 aliphatic heterocycles. The monoisotopic (exact) mass is 296 g/mol. The quantitative estimate of drug-likeness (QED) is 0.690. The summed E-state index contributed by atoms with van der Waals surface area (Å²) in [6, 6.07) is 8.12. The molecule has 0 radical (unpaired) electrons. The van der Waals surface area contributed by atoms with Crippen LogP contribution in [0.3, 0.4) is 0 Å². The number of nitro groups is 1. The molecule has 2 aromatic rings. The molecule has 2 rings (SSSR count). The van der Waals surface area contributed by atoms with Gasteiger partial charge in [-0.3, -0.25) is 10.1 Å². The van der Waals surface area contributed by atoms with Crippen molar-refractivity contribution in [1.29, 1.82) is 0 Å². The lowest BCUT2D eigenvalue weighted by molar-refractivity contribution is -0.385. The van der Waals surface area contributed by atoms with Gasteiger partial charge in [0.15, 0.2) is 5.82 Å². The summed E-state index contributed by atoms with van der Waals surface area (Å²) < 4.78 is 19.1. The SMILES string of the molecule is NCc1ccc(Cl)cc1Oc1c(F)cccc1[N+](=O)[O-]. The Morgan fingerprint density at radius 3 is 2.75 bits per heavy atom. The van der Waals surface area contributed by atoms with Crippen LogP contribution in [0.4, 0.5) is 10.1 Å². The molecule has 0 heterocycles. The minimum Gasteiger partial charge on any atom is -0.447 e. The minimum absolute atomic E-state index is 0.134. The predicted molar refractivity (Wildman–Crippen MR) is 72.5 cm³/mol. The van der Waals surface area contributed by atoms with Crippen molar-refractivity contribution < 1.29 is 14.1 Å². The first-order valence-corrected chi connectivity index (χ1v) is 6.00. The number of benzene rings is 2. The number of rotatable bonds is 4. The Morgan fingerprint density at radius 1 is 1.35 bits per heavy atom. The summed E-state index contributed by atoms with van der Waals surface area (Å²) in [4.78, 5) is 10.2. The number of para-hydroxylation sites is 1. The van der Waals surface area contributed by atoms with Crippen molar-refractivity contribution >= 4 is 17.3 Å². The molecule has 0 aromatic heterocycles. The summed E-state index contributed by atoms with van der Waals surface area (Å²) in [5.41, 5.74) is 5.64. The molecular formula is C13H10ClFN2O3. The molecule has 0 spiro atoms. The van der Waals surface area contributed by atoms with Gasteiger partial charge in [-0.05, 0) is 18.2 Å². The number of hydrogen-bond acceptors (Lipinski definition) is 4. The van der Waals surface area contributed by atoms with Crippen molar-refractivity contribution in [3.63, 3.8) is 0 Å². The van der Waals surface area contributed by atoms with Gasteiger partial charge in [-0.15, -0.1) is 0 Å². The van der Waals surface area contributed by atoms with Crippen LogP contribution in [-0.4, -0.2) is 4.92 Å². The van der Waals surface area contributed by atoms with Crippen molar-refractivity contribution in [3.05, 3.63) is 62.9 Å². The molecule has 0 amide bonds. The van der Waals surface area contributed by atoms with Gasteiger partial charge in [0.25, 0.3) is 0 Å². The molecule has 0 aliphatic rings. The number of halogens is 2. The summed E-state index contributed by atoms with van der Waals surface area (Å²) in [6.07, 6.45) is 0. The molecule has 0 saturated carbocycles. The van der Waals surface area contributed by atoms with Crippen LogP contribution in [0, 0.1) is 15.9 Å². The molecule has 0 bridgehead atoms. The topological polar surface area (TPSA) is 78.4 Å². The second kappa shape index (κ2) is 5.85. The maximum absolute atomic E-state index is 13.7. The average molecular weight is 297 g/mol. The Labute approximate surface area is 118 Å². The van der Waals surface area contributed by atoms with Crippen LogP contribution < -0.4 is 10.5 Å². The Bertz CT molecular complexity index is 664. The molecule has 2 N–H and O–H groups in total. The highest BCUT2D eigenvalue weighted by Crippen LogP contribution is 2.36. The fourth-order valence-corrected chi connectivity index (χ4v) is 1.81. The number of hydrogen-bond donors (Lipinski definition) is 1. The summed E-state index contributed by atoms with van der Waals surface area (Å²) in [5.74, 6) is -1.11. The molecule has 104 valence electrons. The van der Waals surface area contributed by atoms with E-state index in [1.807, 2.05) is 0 Å². The maximum Gasteiger partial charge on any atom is 0.314 e. The fourth-order valence-electron chi connectivity index (χ4n) is 1.64. The molecule has 0 unspecified atom stereocenters. The van der Waals surface area contributed by atoms with E-state index in [-0.39, 0.29) is 12.3 Å². The highest BCUT2D eigenvalue weighted by Gasteiger charge is 2.21. The first kappa shape index (κ1) is 14.2. The Hall–Kier alpha value is -2.18. The first-order chi connectivity index (χ1) is 9.52. The van der Waals surface area contributed by atoms with Crippen molar-refractivity contribution in [2.24, 2.45) is 5.73 Å². The van der Waals surface area contributed by atoms with Gasteiger partial charge in [0.1, 0.15) is 5.75 Å². The van der Waals surface area contributed by atoms with E-state index < -0.39 is 22.2 Å². The van der Waals surface area contributed by atoms with Gasteiger partial charge in [-0.2, -0.15) is 0 Å². The van der Waals surface area contributed by atoms with Gasteiger partial charge in [-0.25, -0.2) is 4.39 Å². The van der Waals surface area contributed by atoms with Crippen molar-refractivity contribution in [2.75, 3.05) is 0 Å². The third-order valence-corrected chi connectivity index (χ3v) is 2.84. The lowest BCUT2D eigenvalue weighted by atomic mass is 10.2. The normalized spacial score (nSPS) is 10.3. The largest absolute Gasteiger partial charge is 0.447 e. The van der Waals surface area contributed by atoms with Crippen molar-refractivity contribution in [3.8, 4) is 11.5 Å². The summed E-state index contributed by atoms with van der Waals surface area (Å²) in [5, 5.41) is 11.3. The lowest BCUT2D eigenvalue weighted by Gasteiger charge is -2.11. The lowest BCUT2D eigenvalue weighted by Crippen LogP contribution is -2.01. The summed E-state index contributed by atoms with van der Waals surface area (Å²) in [7, 11) is 0. The number of nitro benzene ring substituents is 1. The molecule has 0 atom stereocenters. The van der Waals surface area contributed by atoms with Crippen LogP contribution in [0.15, 0.2) is 36.4 Å². The van der Waals surface area contributed by atoms with Gasteiger partial charge in [-0.1, -0.05) is 23.7 Å². The second-order valence-electron chi connectivity index (χ2n) is 3.90. The van der Waals surface area contributed by atoms with Gasteiger partial charge in [0.2, 0.25) is 5.75 Å². The van der Waals surface area contributed by atoms with E-state index in [1.54, 1.807) is 12.1 Å².